The number of benzene rings is 2. The molecule has 2 aromatic rings. The normalized spacial score (nSPS) is 12.4. The highest BCUT2D eigenvalue weighted by Crippen LogP contribution is 2.31. The van der Waals surface area contributed by atoms with Crippen LogP contribution < -0.4 is 5.32 Å². The molecule has 1 unspecified atom stereocenters. The van der Waals surface area contributed by atoms with Gasteiger partial charge in [0.15, 0.2) is 0 Å². The molecule has 2 rings (SSSR count). The van der Waals surface area contributed by atoms with Crippen LogP contribution >= 0.6 is 39.1 Å². The van der Waals surface area contributed by atoms with Crippen LogP contribution in [0.5, 0.6) is 0 Å². The topological polar surface area (TPSA) is 12.0 Å². The van der Waals surface area contributed by atoms with E-state index in [4.69, 9.17) is 23.2 Å². The average Bonchev–Trinajstić information content (AvgIpc) is 2.43. The second-order valence-corrected chi connectivity index (χ2v) is 6.38. The highest BCUT2D eigenvalue weighted by Gasteiger charge is 2.19. The van der Waals surface area contributed by atoms with Crippen LogP contribution in [0.2, 0.25) is 10.0 Å². The maximum Gasteiger partial charge on any atom is 0.129 e. The summed E-state index contributed by atoms with van der Waals surface area (Å²) in [4.78, 5) is 0. The monoisotopic (exact) mass is 389 g/mol. The number of likely N-dealkylation sites (N-methyl/N-ethyl adjacent to an activating group) is 1. The third-order valence-electron chi connectivity index (χ3n) is 3.23. The van der Waals surface area contributed by atoms with Gasteiger partial charge in [0.25, 0.3) is 0 Å². The first-order valence-electron chi connectivity index (χ1n) is 6.64. The first kappa shape index (κ1) is 16.8. The van der Waals surface area contributed by atoms with Crippen LogP contribution in [0.15, 0.2) is 40.9 Å². The molecule has 112 valence electrons. The molecule has 1 nitrogen and oxygen atoms in total. The van der Waals surface area contributed by atoms with E-state index >= 15 is 0 Å². The molecule has 0 fully saturated rings. The van der Waals surface area contributed by atoms with Crippen LogP contribution in [0, 0.1) is 5.82 Å². The maximum absolute atomic E-state index is 14.2. The molecule has 2 aromatic carbocycles. The molecule has 0 bridgehead atoms. The fourth-order valence-electron chi connectivity index (χ4n) is 2.29. The second kappa shape index (κ2) is 7.59. The van der Waals surface area contributed by atoms with Crippen molar-refractivity contribution in [3.63, 3.8) is 0 Å². The van der Waals surface area contributed by atoms with Crippen molar-refractivity contribution >= 4 is 39.1 Å². The van der Waals surface area contributed by atoms with Gasteiger partial charge in [0.1, 0.15) is 5.82 Å². The maximum atomic E-state index is 14.2. The van der Waals surface area contributed by atoms with Crippen LogP contribution in [0.3, 0.4) is 0 Å². The van der Waals surface area contributed by atoms with Gasteiger partial charge in [-0.3, -0.25) is 0 Å². The molecular formula is C16H15BrCl2FN. The average molecular weight is 391 g/mol. The predicted octanol–water partition coefficient (Wildman–Crippen LogP) is 5.79. The summed E-state index contributed by atoms with van der Waals surface area (Å²) in [5.74, 6) is -0.242. The molecule has 0 aliphatic carbocycles. The molecule has 0 saturated heterocycles. The molecule has 0 aromatic heterocycles. The van der Waals surface area contributed by atoms with Crippen molar-refractivity contribution in [1.82, 2.24) is 5.32 Å². The summed E-state index contributed by atoms with van der Waals surface area (Å²) in [6, 6.07) is 10.1. The van der Waals surface area contributed by atoms with E-state index in [1.807, 2.05) is 19.1 Å². The van der Waals surface area contributed by atoms with Crippen LogP contribution in [0.25, 0.3) is 0 Å². The van der Waals surface area contributed by atoms with Gasteiger partial charge in [0, 0.05) is 26.1 Å². The zero-order valence-corrected chi connectivity index (χ0v) is 14.6. The number of hydrogen-bond donors (Lipinski definition) is 1. The molecule has 0 spiro atoms. The predicted molar refractivity (Wildman–Crippen MR) is 90.7 cm³/mol. The van der Waals surface area contributed by atoms with Crippen LogP contribution in [0.4, 0.5) is 4.39 Å². The standard InChI is InChI=1S/C16H15BrCl2FN/c1-2-21-15(16-12(17)4-3-5-14(16)20)9-10-8-11(18)6-7-13(10)19/h3-8,15,21H,2,9H2,1H3. The van der Waals surface area contributed by atoms with Crippen molar-refractivity contribution in [2.75, 3.05) is 6.54 Å². The van der Waals surface area contributed by atoms with Gasteiger partial charge in [-0.1, -0.05) is 52.1 Å². The fraction of sp³-hybridized carbons (Fsp3) is 0.250. The van der Waals surface area contributed by atoms with Gasteiger partial charge in [-0.2, -0.15) is 0 Å². The van der Waals surface area contributed by atoms with E-state index in [1.165, 1.54) is 6.07 Å². The van der Waals surface area contributed by atoms with Crippen LogP contribution in [0.1, 0.15) is 24.1 Å². The molecule has 0 heterocycles. The summed E-state index contributed by atoms with van der Waals surface area (Å²) in [7, 11) is 0. The molecule has 1 atom stereocenters. The van der Waals surface area contributed by atoms with Crippen molar-refractivity contribution < 1.29 is 4.39 Å². The van der Waals surface area contributed by atoms with E-state index in [2.05, 4.69) is 21.2 Å². The quantitative estimate of drug-likeness (QED) is 0.681. The zero-order chi connectivity index (χ0) is 15.4. The minimum absolute atomic E-state index is 0.179. The van der Waals surface area contributed by atoms with E-state index < -0.39 is 0 Å². The van der Waals surface area contributed by atoms with Gasteiger partial charge in [-0.15, -0.1) is 0 Å². The van der Waals surface area contributed by atoms with Crippen molar-refractivity contribution in [2.24, 2.45) is 0 Å². The molecule has 0 aliphatic rings. The Morgan fingerprint density at radius 1 is 1.24 bits per heavy atom. The Morgan fingerprint density at radius 3 is 2.67 bits per heavy atom. The van der Waals surface area contributed by atoms with E-state index in [0.29, 0.717) is 22.0 Å². The van der Waals surface area contributed by atoms with Crippen molar-refractivity contribution in [2.45, 2.75) is 19.4 Å². The fourth-order valence-corrected chi connectivity index (χ4v) is 3.29. The Bertz CT molecular complexity index is 613. The Hall–Kier alpha value is -0.610. The molecule has 21 heavy (non-hydrogen) atoms. The summed E-state index contributed by atoms with van der Waals surface area (Å²) in [5.41, 5.74) is 1.50. The summed E-state index contributed by atoms with van der Waals surface area (Å²) in [6.07, 6.45) is 0.562. The van der Waals surface area contributed by atoms with Crippen molar-refractivity contribution in [3.8, 4) is 0 Å². The Labute approximate surface area is 142 Å². The van der Waals surface area contributed by atoms with E-state index in [1.54, 1.807) is 18.2 Å². The molecule has 0 saturated carbocycles. The molecule has 1 N–H and O–H groups in total. The van der Waals surface area contributed by atoms with Gasteiger partial charge < -0.3 is 5.32 Å². The first-order chi connectivity index (χ1) is 10.0. The molecule has 0 amide bonds. The Balaban J connectivity index is 2.38. The number of halogens is 4. The van der Waals surface area contributed by atoms with E-state index in [9.17, 15) is 4.39 Å². The Morgan fingerprint density at radius 2 is 2.00 bits per heavy atom. The second-order valence-electron chi connectivity index (χ2n) is 4.69. The highest BCUT2D eigenvalue weighted by atomic mass is 79.9. The largest absolute Gasteiger partial charge is 0.310 e. The van der Waals surface area contributed by atoms with Crippen LogP contribution in [-0.4, -0.2) is 6.54 Å². The SMILES string of the molecule is CCNC(Cc1cc(Cl)ccc1Cl)c1c(F)cccc1Br. The minimum Gasteiger partial charge on any atom is -0.310 e. The zero-order valence-electron chi connectivity index (χ0n) is 11.5. The third-order valence-corrected chi connectivity index (χ3v) is 4.53. The summed E-state index contributed by atoms with van der Waals surface area (Å²) < 4.78 is 14.9. The van der Waals surface area contributed by atoms with Crippen molar-refractivity contribution in [3.05, 3.63) is 67.9 Å². The van der Waals surface area contributed by atoms with E-state index in [-0.39, 0.29) is 11.9 Å². The number of nitrogens with one attached hydrogen (secondary N) is 1. The first-order valence-corrected chi connectivity index (χ1v) is 8.19. The van der Waals surface area contributed by atoms with Crippen LogP contribution in [-0.2, 0) is 6.42 Å². The summed E-state index contributed by atoms with van der Waals surface area (Å²) >= 11 is 15.7. The molecular weight excluding hydrogens is 376 g/mol. The lowest BCUT2D eigenvalue weighted by molar-refractivity contribution is 0.508. The summed E-state index contributed by atoms with van der Waals surface area (Å²) in [6.45, 7) is 2.71. The lowest BCUT2D eigenvalue weighted by Crippen LogP contribution is -2.24. The molecule has 5 heteroatoms. The highest BCUT2D eigenvalue weighted by molar-refractivity contribution is 9.10. The van der Waals surface area contributed by atoms with Gasteiger partial charge >= 0.3 is 0 Å². The Kier molecular flexibility index (Phi) is 6.06. The summed E-state index contributed by atoms with van der Waals surface area (Å²) in [5, 5.41) is 4.56. The van der Waals surface area contributed by atoms with Gasteiger partial charge in [-0.25, -0.2) is 4.39 Å². The number of hydrogen-bond acceptors (Lipinski definition) is 1. The molecule has 0 aliphatic heterocycles. The van der Waals surface area contributed by atoms with E-state index in [0.717, 1.165) is 16.6 Å². The van der Waals surface area contributed by atoms with Crippen molar-refractivity contribution in [1.29, 1.82) is 0 Å². The van der Waals surface area contributed by atoms with Gasteiger partial charge in [0.2, 0.25) is 0 Å². The molecule has 0 radical (unpaired) electrons. The smallest absolute Gasteiger partial charge is 0.129 e. The van der Waals surface area contributed by atoms with Gasteiger partial charge in [0.05, 0.1) is 0 Å². The number of rotatable bonds is 5. The minimum atomic E-state index is -0.242. The lowest BCUT2D eigenvalue weighted by atomic mass is 9.98. The third kappa shape index (κ3) is 4.19. The van der Waals surface area contributed by atoms with Gasteiger partial charge in [-0.05, 0) is 48.9 Å². The lowest BCUT2D eigenvalue weighted by Gasteiger charge is -2.21.